The second-order valence-corrected chi connectivity index (χ2v) is 2.93. The van der Waals surface area contributed by atoms with E-state index in [1.54, 1.807) is 0 Å². The van der Waals surface area contributed by atoms with Crippen LogP contribution in [0.1, 0.15) is 19.8 Å². The SMILES string of the molecule is CC1(CC/C=C/C=O)OCCO1. The molecule has 0 saturated carbocycles. The van der Waals surface area contributed by atoms with E-state index in [1.807, 2.05) is 13.0 Å². The Morgan fingerprint density at radius 2 is 2.08 bits per heavy atom. The van der Waals surface area contributed by atoms with E-state index in [9.17, 15) is 4.79 Å². The summed E-state index contributed by atoms with van der Waals surface area (Å²) in [6.07, 6.45) is 5.72. The van der Waals surface area contributed by atoms with Crippen molar-refractivity contribution in [1.82, 2.24) is 0 Å². The summed E-state index contributed by atoms with van der Waals surface area (Å²) in [4.78, 5) is 9.93. The fourth-order valence-electron chi connectivity index (χ4n) is 1.20. The van der Waals surface area contributed by atoms with Gasteiger partial charge in [0.15, 0.2) is 5.79 Å². The Bertz CT molecular complexity index is 169. The van der Waals surface area contributed by atoms with Crippen molar-refractivity contribution in [2.75, 3.05) is 13.2 Å². The van der Waals surface area contributed by atoms with E-state index in [2.05, 4.69) is 0 Å². The highest BCUT2D eigenvalue weighted by Crippen LogP contribution is 2.23. The average Bonchev–Trinajstić information content (AvgIpc) is 2.47. The number of hydrogen-bond acceptors (Lipinski definition) is 3. The zero-order valence-electron chi connectivity index (χ0n) is 7.29. The van der Waals surface area contributed by atoms with Gasteiger partial charge in [-0.05, 0) is 19.4 Å². The molecule has 0 N–H and O–H groups in total. The standard InChI is InChI=1S/C9H14O3/c1-9(11-7-8-12-9)5-3-2-4-6-10/h2,4,6H,3,5,7-8H2,1H3/b4-2+. The molecule has 3 nitrogen and oxygen atoms in total. The molecule has 1 heterocycles. The van der Waals surface area contributed by atoms with Crippen molar-refractivity contribution in [1.29, 1.82) is 0 Å². The maximum absolute atomic E-state index is 9.93. The topological polar surface area (TPSA) is 35.5 Å². The molecular weight excluding hydrogens is 156 g/mol. The van der Waals surface area contributed by atoms with Gasteiger partial charge in [-0.2, -0.15) is 0 Å². The van der Waals surface area contributed by atoms with Crippen LogP contribution in [-0.2, 0) is 14.3 Å². The first-order valence-electron chi connectivity index (χ1n) is 4.15. The number of hydrogen-bond donors (Lipinski definition) is 0. The number of aldehydes is 1. The summed E-state index contributed by atoms with van der Waals surface area (Å²) in [6, 6.07) is 0. The lowest BCUT2D eigenvalue weighted by Crippen LogP contribution is -2.24. The van der Waals surface area contributed by atoms with Gasteiger partial charge in [0.05, 0.1) is 13.2 Å². The van der Waals surface area contributed by atoms with Gasteiger partial charge in [0.2, 0.25) is 0 Å². The molecule has 1 fully saturated rings. The molecule has 0 unspecified atom stereocenters. The minimum Gasteiger partial charge on any atom is -0.348 e. The second kappa shape index (κ2) is 4.38. The van der Waals surface area contributed by atoms with E-state index < -0.39 is 5.79 Å². The van der Waals surface area contributed by atoms with Crippen LogP contribution < -0.4 is 0 Å². The Kier molecular flexibility index (Phi) is 3.44. The van der Waals surface area contributed by atoms with E-state index >= 15 is 0 Å². The number of carbonyl (C=O) groups is 1. The van der Waals surface area contributed by atoms with Gasteiger partial charge < -0.3 is 9.47 Å². The molecule has 1 aliphatic rings. The van der Waals surface area contributed by atoms with Crippen LogP contribution in [-0.4, -0.2) is 25.3 Å². The van der Waals surface area contributed by atoms with Crippen LogP contribution in [0.2, 0.25) is 0 Å². The van der Waals surface area contributed by atoms with Crippen LogP contribution in [0.4, 0.5) is 0 Å². The summed E-state index contributed by atoms with van der Waals surface area (Å²) in [5, 5.41) is 0. The Labute approximate surface area is 72.4 Å². The third-order valence-corrected chi connectivity index (χ3v) is 1.88. The highest BCUT2D eigenvalue weighted by Gasteiger charge is 2.29. The fourth-order valence-corrected chi connectivity index (χ4v) is 1.20. The molecule has 0 aromatic rings. The van der Waals surface area contributed by atoms with Gasteiger partial charge in [-0.25, -0.2) is 0 Å². The molecule has 0 atom stereocenters. The highest BCUT2D eigenvalue weighted by atomic mass is 16.7. The van der Waals surface area contributed by atoms with Crippen LogP contribution in [0.3, 0.4) is 0 Å². The smallest absolute Gasteiger partial charge is 0.166 e. The molecule has 1 aliphatic heterocycles. The van der Waals surface area contributed by atoms with Crippen molar-refractivity contribution in [2.24, 2.45) is 0 Å². The molecule has 0 aromatic carbocycles. The maximum atomic E-state index is 9.93. The first kappa shape index (κ1) is 9.42. The summed E-state index contributed by atoms with van der Waals surface area (Å²) in [6.45, 7) is 3.27. The molecule has 0 bridgehead atoms. The molecular formula is C9H14O3. The third kappa shape index (κ3) is 2.75. The lowest BCUT2D eigenvalue weighted by atomic mass is 10.1. The molecule has 0 spiro atoms. The minimum absolute atomic E-state index is 0.423. The monoisotopic (exact) mass is 170 g/mol. The lowest BCUT2D eigenvalue weighted by molar-refractivity contribution is -0.145. The van der Waals surface area contributed by atoms with Crippen LogP contribution in [0.25, 0.3) is 0 Å². The number of ether oxygens (including phenoxy) is 2. The van der Waals surface area contributed by atoms with Gasteiger partial charge in [0.25, 0.3) is 0 Å². The second-order valence-electron chi connectivity index (χ2n) is 2.93. The van der Waals surface area contributed by atoms with Gasteiger partial charge in [0.1, 0.15) is 6.29 Å². The van der Waals surface area contributed by atoms with Gasteiger partial charge in [-0.3, -0.25) is 4.79 Å². The maximum Gasteiger partial charge on any atom is 0.166 e. The minimum atomic E-state index is -0.423. The van der Waals surface area contributed by atoms with Crippen molar-refractivity contribution in [2.45, 2.75) is 25.6 Å². The highest BCUT2D eigenvalue weighted by molar-refractivity contribution is 5.64. The van der Waals surface area contributed by atoms with Gasteiger partial charge in [0, 0.05) is 6.42 Å². The molecule has 12 heavy (non-hydrogen) atoms. The van der Waals surface area contributed by atoms with Gasteiger partial charge in [-0.15, -0.1) is 0 Å². The molecule has 68 valence electrons. The normalized spacial score (nSPS) is 21.8. The summed E-state index contributed by atoms with van der Waals surface area (Å²) in [5.74, 6) is -0.423. The predicted octanol–water partition coefficient (Wildman–Crippen LogP) is 1.28. The summed E-state index contributed by atoms with van der Waals surface area (Å²) < 4.78 is 10.8. The Balaban J connectivity index is 2.21. The lowest BCUT2D eigenvalue weighted by Gasteiger charge is -2.20. The molecule has 0 amide bonds. The summed E-state index contributed by atoms with van der Waals surface area (Å²) >= 11 is 0. The number of rotatable bonds is 4. The van der Waals surface area contributed by atoms with Crippen molar-refractivity contribution in [3.8, 4) is 0 Å². The molecule has 1 rings (SSSR count). The summed E-state index contributed by atoms with van der Waals surface area (Å²) in [7, 11) is 0. The van der Waals surface area contributed by atoms with Crippen LogP contribution in [0, 0.1) is 0 Å². The zero-order chi connectivity index (χ0) is 8.86. The Hall–Kier alpha value is -0.670. The van der Waals surface area contributed by atoms with E-state index in [0.717, 1.165) is 19.1 Å². The average molecular weight is 170 g/mol. The van der Waals surface area contributed by atoms with Crippen molar-refractivity contribution < 1.29 is 14.3 Å². The number of allylic oxidation sites excluding steroid dienone is 2. The molecule has 3 heteroatoms. The fraction of sp³-hybridized carbons (Fsp3) is 0.667. The summed E-state index contributed by atoms with van der Waals surface area (Å²) in [5.41, 5.74) is 0. The quantitative estimate of drug-likeness (QED) is 0.471. The molecule has 1 saturated heterocycles. The molecule has 0 aromatic heterocycles. The molecule has 0 aliphatic carbocycles. The Morgan fingerprint density at radius 3 is 2.67 bits per heavy atom. The largest absolute Gasteiger partial charge is 0.348 e. The van der Waals surface area contributed by atoms with Crippen molar-refractivity contribution in [3.05, 3.63) is 12.2 Å². The van der Waals surface area contributed by atoms with Crippen LogP contribution >= 0.6 is 0 Å². The Morgan fingerprint density at radius 1 is 1.42 bits per heavy atom. The predicted molar refractivity (Wildman–Crippen MR) is 44.7 cm³/mol. The third-order valence-electron chi connectivity index (χ3n) is 1.88. The van der Waals surface area contributed by atoms with Crippen molar-refractivity contribution in [3.63, 3.8) is 0 Å². The van der Waals surface area contributed by atoms with E-state index in [1.165, 1.54) is 6.08 Å². The van der Waals surface area contributed by atoms with Crippen LogP contribution in [0.5, 0.6) is 0 Å². The van der Waals surface area contributed by atoms with Crippen LogP contribution in [0.15, 0.2) is 12.2 Å². The first-order chi connectivity index (χ1) is 5.77. The van der Waals surface area contributed by atoms with E-state index in [4.69, 9.17) is 9.47 Å². The van der Waals surface area contributed by atoms with Crippen molar-refractivity contribution >= 4 is 6.29 Å². The first-order valence-corrected chi connectivity index (χ1v) is 4.15. The zero-order valence-corrected chi connectivity index (χ0v) is 7.29. The van der Waals surface area contributed by atoms with E-state index in [0.29, 0.717) is 13.2 Å². The molecule has 0 radical (unpaired) electrons. The number of carbonyl (C=O) groups excluding carboxylic acids is 1. The van der Waals surface area contributed by atoms with Gasteiger partial charge in [-0.1, -0.05) is 6.08 Å². The van der Waals surface area contributed by atoms with Gasteiger partial charge >= 0.3 is 0 Å². The van der Waals surface area contributed by atoms with E-state index in [-0.39, 0.29) is 0 Å².